The van der Waals surface area contributed by atoms with Crippen LogP contribution in [0.5, 0.6) is 0 Å². The van der Waals surface area contributed by atoms with Crippen LogP contribution in [0, 0.1) is 6.92 Å². The lowest BCUT2D eigenvalue weighted by Gasteiger charge is -2.00. The van der Waals surface area contributed by atoms with Crippen LogP contribution < -0.4 is 5.56 Å². The van der Waals surface area contributed by atoms with Crippen molar-refractivity contribution in [3.63, 3.8) is 0 Å². The molecule has 0 aliphatic heterocycles. The van der Waals surface area contributed by atoms with Crippen molar-refractivity contribution < 1.29 is 4.74 Å². The summed E-state index contributed by atoms with van der Waals surface area (Å²) in [6.07, 6.45) is 1.65. The summed E-state index contributed by atoms with van der Waals surface area (Å²) in [5.74, 6) is 0.548. The zero-order valence-electron chi connectivity index (χ0n) is 7.54. The Balaban J connectivity index is 2.66. The summed E-state index contributed by atoms with van der Waals surface area (Å²) < 4.78 is 5.13. The van der Waals surface area contributed by atoms with Gasteiger partial charge in [0.05, 0.1) is 6.61 Å². The molecule has 0 bridgehead atoms. The van der Waals surface area contributed by atoms with E-state index in [4.69, 9.17) is 4.74 Å². The number of aromatic nitrogens is 2. The van der Waals surface area contributed by atoms with Crippen LogP contribution in [0.15, 0.2) is 23.5 Å². The zero-order chi connectivity index (χ0) is 9.68. The molecule has 0 atom stereocenters. The van der Waals surface area contributed by atoms with Gasteiger partial charge >= 0.3 is 0 Å². The first-order valence-corrected chi connectivity index (χ1v) is 3.98. The monoisotopic (exact) mass is 180 g/mol. The Morgan fingerprint density at radius 1 is 1.77 bits per heavy atom. The highest BCUT2D eigenvalue weighted by molar-refractivity contribution is 4.99. The number of hydrogen-bond donors (Lipinski definition) is 1. The Morgan fingerprint density at radius 2 is 2.54 bits per heavy atom. The topological polar surface area (TPSA) is 55.0 Å². The molecule has 0 aromatic carbocycles. The maximum Gasteiger partial charge on any atom is 0.251 e. The molecule has 1 heterocycles. The van der Waals surface area contributed by atoms with Gasteiger partial charge in [-0.3, -0.25) is 4.79 Å². The molecule has 0 unspecified atom stereocenters. The van der Waals surface area contributed by atoms with Gasteiger partial charge in [-0.1, -0.05) is 6.08 Å². The number of H-pyrrole nitrogens is 1. The van der Waals surface area contributed by atoms with Crippen molar-refractivity contribution in [2.75, 3.05) is 6.61 Å². The van der Waals surface area contributed by atoms with E-state index in [1.165, 1.54) is 6.07 Å². The average molecular weight is 180 g/mol. The number of aromatic amines is 1. The summed E-state index contributed by atoms with van der Waals surface area (Å²) in [6.45, 7) is 6.04. The van der Waals surface area contributed by atoms with E-state index in [9.17, 15) is 4.79 Å². The minimum Gasteiger partial charge on any atom is -0.369 e. The van der Waals surface area contributed by atoms with Crippen molar-refractivity contribution in [2.24, 2.45) is 0 Å². The van der Waals surface area contributed by atoms with Crippen molar-refractivity contribution in [2.45, 2.75) is 13.5 Å². The van der Waals surface area contributed by atoms with Gasteiger partial charge in [-0.15, -0.1) is 6.58 Å². The van der Waals surface area contributed by atoms with Crippen LogP contribution in [0.4, 0.5) is 0 Å². The molecule has 0 fully saturated rings. The number of ether oxygens (including phenoxy) is 1. The normalized spacial score (nSPS) is 9.92. The molecule has 4 heteroatoms. The van der Waals surface area contributed by atoms with Gasteiger partial charge in [0.2, 0.25) is 0 Å². The van der Waals surface area contributed by atoms with Crippen LogP contribution in [0.1, 0.15) is 11.5 Å². The summed E-state index contributed by atoms with van der Waals surface area (Å²) in [4.78, 5) is 17.6. The predicted molar refractivity (Wildman–Crippen MR) is 49.4 cm³/mol. The van der Waals surface area contributed by atoms with Gasteiger partial charge in [-0.05, 0) is 6.92 Å². The maximum absolute atomic E-state index is 11.0. The highest BCUT2D eigenvalue weighted by atomic mass is 16.5. The van der Waals surface area contributed by atoms with Gasteiger partial charge < -0.3 is 9.72 Å². The van der Waals surface area contributed by atoms with Crippen LogP contribution in [-0.4, -0.2) is 16.6 Å². The minimum absolute atomic E-state index is 0.148. The van der Waals surface area contributed by atoms with E-state index in [-0.39, 0.29) is 5.56 Å². The number of rotatable bonds is 4. The van der Waals surface area contributed by atoms with Gasteiger partial charge in [-0.25, -0.2) is 4.98 Å². The number of nitrogens with one attached hydrogen (secondary N) is 1. The lowest BCUT2D eigenvalue weighted by Crippen LogP contribution is -2.12. The Kier molecular flexibility index (Phi) is 3.40. The van der Waals surface area contributed by atoms with Gasteiger partial charge in [0.1, 0.15) is 12.4 Å². The third-order valence-electron chi connectivity index (χ3n) is 1.39. The lowest BCUT2D eigenvalue weighted by atomic mass is 10.4. The summed E-state index contributed by atoms with van der Waals surface area (Å²) in [7, 11) is 0. The van der Waals surface area contributed by atoms with Gasteiger partial charge in [0, 0.05) is 11.8 Å². The molecule has 1 rings (SSSR count). The molecule has 1 N–H and O–H groups in total. The Hall–Kier alpha value is -1.42. The second-order valence-corrected chi connectivity index (χ2v) is 2.64. The average Bonchev–Trinajstić information content (AvgIpc) is 2.03. The summed E-state index contributed by atoms with van der Waals surface area (Å²) >= 11 is 0. The molecule has 0 amide bonds. The fourth-order valence-corrected chi connectivity index (χ4v) is 0.948. The molecule has 0 radical (unpaired) electrons. The fourth-order valence-electron chi connectivity index (χ4n) is 0.948. The number of nitrogens with zero attached hydrogens (tertiary/aromatic N) is 1. The van der Waals surface area contributed by atoms with Crippen LogP contribution in [0.3, 0.4) is 0 Å². The molecule has 1 aromatic rings. The van der Waals surface area contributed by atoms with Crippen LogP contribution >= 0.6 is 0 Å². The first kappa shape index (κ1) is 9.67. The van der Waals surface area contributed by atoms with E-state index in [0.29, 0.717) is 24.7 Å². The van der Waals surface area contributed by atoms with Crippen molar-refractivity contribution >= 4 is 0 Å². The highest BCUT2D eigenvalue weighted by Crippen LogP contribution is 1.92. The second kappa shape index (κ2) is 4.57. The SMILES string of the molecule is C=CCOCc1nc(C)cc(=O)[nH]1. The van der Waals surface area contributed by atoms with Crippen molar-refractivity contribution in [3.8, 4) is 0 Å². The van der Waals surface area contributed by atoms with Crippen LogP contribution in [-0.2, 0) is 11.3 Å². The molecule has 0 saturated heterocycles. The molecular weight excluding hydrogens is 168 g/mol. The third kappa shape index (κ3) is 3.21. The minimum atomic E-state index is -0.148. The smallest absolute Gasteiger partial charge is 0.251 e. The van der Waals surface area contributed by atoms with Gasteiger partial charge in [0.15, 0.2) is 0 Å². The van der Waals surface area contributed by atoms with E-state index < -0.39 is 0 Å². The lowest BCUT2D eigenvalue weighted by molar-refractivity contribution is 0.142. The van der Waals surface area contributed by atoms with Crippen LogP contribution in [0.2, 0.25) is 0 Å². The van der Waals surface area contributed by atoms with Crippen LogP contribution in [0.25, 0.3) is 0 Å². The van der Waals surface area contributed by atoms with Gasteiger partial charge in [-0.2, -0.15) is 0 Å². The predicted octanol–water partition coefficient (Wildman–Crippen LogP) is 0.781. The molecule has 13 heavy (non-hydrogen) atoms. The Morgan fingerprint density at radius 3 is 3.15 bits per heavy atom. The number of aryl methyl sites for hydroxylation is 1. The van der Waals surface area contributed by atoms with E-state index in [0.717, 1.165) is 0 Å². The first-order chi connectivity index (χ1) is 6.22. The standard InChI is InChI=1S/C9H12N2O2/c1-3-4-13-6-8-10-7(2)5-9(12)11-8/h3,5H,1,4,6H2,2H3,(H,10,11,12). The van der Waals surface area contributed by atoms with Crippen molar-refractivity contribution in [3.05, 3.63) is 40.6 Å². The Labute approximate surface area is 76.3 Å². The fraction of sp³-hybridized carbons (Fsp3) is 0.333. The quantitative estimate of drug-likeness (QED) is 0.550. The second-order valence-electron chi connectivity index (χ2n) is 2.64. The molecular formula is C9H12N2O2. The van der Waals surface area contributed by atoms with Gasteiger partial charge in [0.25, 0.3) is 5.56 Å². The summed E-state index contributed by atoms with van der Waals surface area (Å²) in [5.41, 5.74) is 0.547. The zero-order valence-corrected chi connectivity index (χ0v) is 7.54. The molecule has 0 aliphatic rings. The third-order valence-corrected chi connectivity index (χ3v) is 1.39. The highest BCUT2D eigenvalue weighted by Gasteiger charge is 1.96. The van der Waals surface area contributed by atoms with E-state index in [2.05, 4.69) is 16.5 Å². The van der Waals surface area contributed by atoms with E-state index in [1.54, 1.807) is 13.0 Å². The Bertz CT molecular complexity index is 344. The molecule has 1 aromatic heterocycles. The molecule has 0 saturated carbocycles. The van der Waals surface area contributed by atoms with Crippen molar-refractivity contribution in [1.29, 1.82) is 0 Å². The first-order valence-electron chi connectivity index (χ1n) is 3.98. The largest absolute Gasteiger partial charge is 0.369 e. The molecule has 4 nitrogen and oxygen atoms in total. The molecule has 0 aliphatic carbocycles. The number of hydrogen-bond acceptors (Lipinski definition) is 3. The molecule has 0 spiro atoms. The maximum atomic E-state index is 11.0. The molecule has 70 valence electrons. The summed E-state index contributed by atoms with van der Waals surface area (Å²) in [6, 6.07) is 1.44. The van der Waals surface area contributed by atoms with Crippen molar-refractivity contribution in [1.82, 2.24) is 9.97 Å². The van der Waals surface area contributed by atoms with E-state index in [1.807, 2.05) is 0 Å². The van der Waals surface area contributed by atoms with E-state index >= 15 is 0 Å². The summed E-state index contributed by atoms with van der Waals surface area (Å²) in [5, 5.41) is 0.